The molecule has 3 N–H and O–H groups in total. The summed E-state index contributed by atoms with van der Waals surface area (Å²) in [5.41, 5.74) is -3.94. The summed E-state index contributed by atoms with van der Waals surface area (Å²) in [5.74, 6) is -0.602. The quantitative estimate of drug-likeness (QED) is 0.491. The predicted octanol–water partition coefficient (Wildman–Crippen LogP) is 1.27. The molecule has 0 aliphatic carbocycles. The van der Waals surface area contributed by atoms with Crippen molar-refractivity contribution in [2.75, 3.05) is 13.2 Å². The summed E-state index contributed by atoms with van der Waals surface area (Å²) in [6.45, 7) is 3.49. The number of hydrogen-bond acceptors (Lipinski definition) is 8. The van der Waals surface area contributed by atoms with Gasteiger partial charge in [0.2, 0.25) is 6.35 Å². The molecule has 2 rings (SSSR count). The molecule has 1 saturated heterocycles. The maximum Gasteiger partial charge on any atom is 0.399 e. The molecule has 0 radical (unpaired) electrons. The highest BCUT2D eigenvalue weighted by atomic mass is 31.2. The maximum absolute atomic E-state index is 14.6. The van der Waals surface area contributed by atoms with Crippen molar-refractivity contribution in [1.82, 2.24) is 10.2 Å². The molecule has 2 aliphatic heterocycles. The Morgan fingerprint density at radius 3 is 2.43 bits per heavy atom. The highest BCUT2D eigenvalue weighted by molar-refractivity contribution is 7.55. The first kappa shape index (κ1) is 23.1. The van der Waals surface area contributed by atoms with Crippen LogP contribution in [0.2, 0.25) is 0 Å². The van der Waals surface area contributed by atoms with Crippen LogP contribution >= 0.6 is 7.60 Å². The van der Waals surface area contributed by atoms with Gasteiger partial charge >= 0.3 is 13.3 Å². The minimum Gasteiger partial charge on any atom is -0.387 e. The number of aliphatic hydroxyl groups is 2. The van der Waals surface area contributed by atoms with E-state index in [1.165, 1.54) is 20.8 Å². The van der Waals surface area contributed by atoms with Crippen molar-refractivity contribution in [2.45, 2.75) is 63.8 Å². The van der Waals surface area contributed by atoms with Gasteiger partial charge in [0.1, 0.15) is 6.10 Å². The van der Waals surface area contributed by atoms with E-state index in [0.717, 1.165) is 11.1 Å². The molecule has 1 amide bonds. The average Bonchev–Trinajstić information content (AvgIpc) is 2.86. The van der Waals surface area contributed by atoms with Gasteiger partial charge in [0.15, 0.2) is 12.4 Å². The molecule has 0 bridgehead atoms. The van der Waals surface area contributed by atoms with Gasteiger partial charge in [-0.05, 0) is 20.8 Å². The molecule has 9 nitrogen and oxygen atoms in total. The first-order valence-electron chi connectivity index (χ1n) is 8.66. The molecule has 13 heteroatoms. The molecule has 0 spiro atoms. The first-order valence-corrected chi connectivity index (χ1v) is 10.2. The van der Waals surface area contributed by atoms with Crippen LogP contribution in [0.4, 0.5) is 13.2 Å². The molecule has 1 fully saturated rings. The highest BCUT2D eigenvalue weighted by Crippen LogP contribution is 2.64. The molecule has 28 heavy (non-hydrogen) atoms. The molecule has 0 aromatic carbocycles. The summed E-state index contributed by atoms with van der Waals surface area (Å²) in [6.07, 6.45) is -9.51. The number of nitrogens with one attached hydrogen (secondary N) is 1. The van der Waals surface area contributed by atoms with Gasteiger partial charge in [0, 0.05) is 11.8 Å². The Morgan fingerprint density at radius 2 is 1.89 bits per heavy atom. The lowest BCUT2D eigenvalue weighted by atomic mass is 10.1. The minimum atomic E-state index is -4.88. The third-order valence-corrected chi connectivity index (χ3v) is 6.46. The first-order chi connectivity index (χ1) is 13.0. The van der Waals surface area contributed by atoms with Crippen molar-refractivity contribution >= 4 is 13.5 Å². The van der Waals surface area contributed by atoms with E-state index in [9.17, 15) is 32.7 Å². The van der Waals surface area contributed by atoms with E-state index >= 15 is 0 Å². The zero-order valence-electron chi connectivity index (χ0n) is 15.5. The molecule has 0 aromatic heterocycles. The van der Waals surface area contributed by atoms with E-state index in [1.807, 2.05) is 0 Å². The minimum absolute atomic E-state index is 0.113. The van der Waals surface area contributed by atoms with Crippen LogP contribution in [-0.4, -0.2) is 70.9 Å². The number of halogens is 3. The van der Waals surface area contributed by atoms with E-state index in [1.54, 1.807) is 0 Å². The molecule has 5 unspecified atom stereocenters. The number of amides is 1. The van der Waals surface area contributed by atoms with Crippen LogP contribution in [0.1, 0.15) is 27.2 Å². The van der Waals surface area contributed by atoms with E-state index < -0.39 is 56.5 Å². The third kappa shape index (κ3) is 4.37. The SMILES string of the molecule is CCOP(=O)(OCC)C(F)(F)CC1OC(N2C=C(C)C(=O)NC2O)C(F)C1O. The van der Waals surface area contributed by atoms with Crippen molar-refractivity contribution < 1.29 is 46.5 Å². The summed E-state index contributed by atoms with van der Waals surface area (Å²) in [6, 6.07) is 0. The average molecular weight is 432 g/mol. The van der Waals surface area contributed by atoms with Gasteiger partial charge < -0.3 is 34.2 Å². The summed E-state index contributed by atoms with van der Waals surface area (Å²) in [4.78, 5) is 12.3. The largest absolute Gasteiger partial charge is 0.399 e. The number of rotatable bonds is 8. The Labute approximate surface area is 160 Å². The molecular formula is C15H24F3N2O7P. The molecule has 2 aliphatic rings. The summed E-state index contributed by atoms with van der Waals surface area (Å²) >= 11 is 0. The monoisotopic (exact) mass is 432 g/mol. The Balaban J connectivity index is 2.20. The fourth-order valence-corrected chi connectivity index (χ4v) is 4.44. The predicted molar refractivity (Wildman–Crippen MR) is 89.7 cm³/mol. The summed E-state index contributed by atoms with van der Waals surface area (Å²) in [7, 11) is -4.88. The smallest absolute Gasteiger partial charge is 0.387 e. The number of alkyl halides is 3. The maximum atomic E-state index is 14.6. The summed E-state index contributed by atoms with van der Waals surface area (Å²) < 4.78 is 70.6. The topological polar surface area (TPSA) is 118 Å². The Bertz CT molecular complexity index is 656. The highest BCUT2D eigenvalue weighted by Gasteiger charge is 2.59. The van der Waals surface area contributed by atoms with Crippen LogP contribution in [0.3, 0.4) is 0 Å². The van der Waals surface area contributed by atoms with Gasteiger partial charge in [-0.2, -0.15) is 8.78 Å². The lowest BCUT2D eigenvalue weighted by Gasteiger charge is -2.36. The molecule has 2 heterocycles. The van der Waals surface area contributed by atoms with Crippen LogP contribution in [0, 0.1) is 0 Å². The molecule has 162 valence electrons. The number of carbonyl (C=O) groups is 1. The van der Waals surface area contributed by atoms with Crippen LogP contribution < -0.4 is 5.32 Å². The van der Waals surface area contributed by atoms with Crippen molar-refractivity contribution in [3.63, 3.8) is 0 Å². The number of nitrogens with zero attached hydrogens (tertiary/aromatic N) is 1. The fourth-order valence-electron chi connectivity index (χ4n) is 2.90. The summed E-state index contributed by atoms with van der Waals surface area (Å²) in [5, 5.41) is 22.1. The lowest BCUT2D eigenvalue weighted by molar-refractivity contribution is -0.150. The van der Waals surface area contributed by atoms with Crippen LogP contribution in [0.5, 0.6) is 0 Å². The van der Waals surface area contributed by atoms with Gasteiger partial charge in [-0.25, -0.2) is 4.39 Å². The van der Waals surface area contributed by atoms with Crippen molar-refractivity contribution in [3.05, 3.63) is 11.8 Å². The van der Waals surface area contributed by atoms with Crippen molar-refractivity contribution in [2.24, 2.45) is 0 Å². The molecule has 5 atom stereocenters. The zero-order chi connectivity index (χ0) is 21.3. The van der Waals surface area contributed by atoms with Crippen molar-refractivity contribution in [1.29, 1.82) is 0 Å². The second-order valence-electron chi connectivity index (χ2n) is 6.31. The van der Waals surface area contributed by atoms with Gasteiger partial charge in [-0.15, -0.1) is 0 Å². The van der Waals surface area contributed by atoms with Crippen LogP contribution in [0.15, 0.2) is 11.8 Å². The molecule has 0 saturated carbocycles. The fraction of sp³-hybridized carbons (Fsp3) is 0.800. The zero-order valence-corrected chi connectivity index (χ0v) is 16.4. The van der Waals surface area contributed by atoms with Gasteiger partial charge in [0.05, 0.1) is 25.7 Å². The number of carbonyl (C=O) groups excluding carboxylic acids is 1. The van der Waals surface area contributed by atoms with Gasteiger partial charge in [-0.1, -0.05) is 0 Å². The van der Waals surface area contributed by atoms with E-state index in [0.29, 0.717) is 0 Å². The lowest BCUT2D eigenvalue weighted by Crippen LogP contribution is -2.55. The van der Waals surface area contributed by atoms with E-state index in [-0.39, 0.29) is 18.8 Å². The van der Waals surface area contributed by atoms with E-state index in [2.05, 4.69) is 14.4 Å². The normalized spacial score (nSPS) is 31.7. The van der Waals surface area contributed by atoms with Gasteiger partial charge in [0.25, 0.3) is 5.91 Å². The molecule has 0 aromatic rings. The van der Waals surface area contributed by atoms with Crippen LogP contribution in [-0.2, 0) is 23.1 Å². The second kappa shape index (κ2) is 8.68. The molecular weight excluding hydrogens is 408 g/mol. The Kier molecular flexibility index (Phi) is 7.17. The number of ether oxygens (including phenoxy) is 1. The van der Waals surface area contributed by atoms with Crippen LogP contribution in [0.25, 0.3) is 0 Å². The number of hydrogen-bond donors (Lipinski definition) is 3. The standard InChI is InChI=1S/C15H24F3N2O7P/c1-4-25-28(24,26-5-2)15(17,18)6-9-11(21)10(16)13(27-9)20-7-8(3)12(22)19-14(20)23/h7,9-11,13-14,21,23H,4-6H2,1-3H3,(H,19,22). The van der Waals surface area contributed by atoms with Crippen molar-refractivity contribution in [3.8, 4) is 0 Å². The van der Waals surface area contributed by atoms with E-state index in [4.69, 9.17) is 4.74 Å². The van der Waals surface area contributed by atoms with Gasteiger partial charge in [-0.3, -0.25) is 9.36 Å². The number of aliphatic hydroxyl groups excluding tert-OH is 2. The Morgan fingerprint density at radius 1 is 1.32 bits per heavy atom. The third-order valence-electron chi connectivity index (χ3n) is 4.28. The second-order valence-corrected chi connectivity index (χ2v) is 8.48. The Hall–Kier alpha value is -1.17.